The number of hydrogen-bond donors (Lipinski definition) is 0. The van der Waals surface area contributed by atoms with Crippen molar-refractivity contribution in [3.63, 3.8) is 0 Å². The smallest absolute Gasteiger partial charge is 0.272 e. The highest BCUT2D eigenvalue weighted by molar-refractivity contribution is 8.04. The van der Waals surface area contributed by atoms with Crippen molar-refractivity contribution in [3.8, 4) is 5.75 Å². The average Bonchev–Trinajstić information content (AvgIpc) is 2.86. The number of aryl methyl sites for hydroxylation is 1. The summed E-state index contributed by atoms with van der Waals surface area (Å²) in [5.74, 6) is -0.129. The number of benzene rings is 2. The fourth-order valence-electron chi connectivity index (χ4n) is 2.85. The second kappa shape index (κ2) is 7.33. The number of amides is 2. The maximum Gasteiger partial charge on any atom is 0.272 e. The summed E-state index contributed by atoms with van der Waals surface area (Å²) < 4.78 is 18.6. The molecular weight excluding hydrogens is 353 g/mol. The Morgan fingerprint density at radius 2 is 1.77 bits per heavy atom. The van der Waals surface area contributed by atoms with Crippen molar-refractivity contribution in [2.45, 2.75) is 13.8 Å². The highest BCUT2D eigenvalue weighted by atomic mass is 32.2. The minimum absolute atomic E-state index is 0.297. The Bertz CT molecular complexity index is 906. The van der Waals surface area contributed by atoms with Gasteiger partial charge in [-0.05, 0) is 48.1 Å². The Balaban J connectivity index is 2.13. The van der Waals surface area contributed by atoms with Gasteiger partial charge in [-0.3, -0.25) is 9.59 Å². The lowest BCUT2D eigenvalue weighted by atomic mass is 10.1. The summed E-state index contributed by atoms with van der Waals surface area (Å²) in [5, 5.41) is 0. The van der Waals surface area contributed by atoms with Crippen LogP contribution in [0.2, 0.25) is 0 Å². The van der Waals surface area contributed by atoms with E-state index in [1.54, 1.807) is 12.1 Å². The Kier molecular flexibility index (Phi) is 5.13. The molecule has 3 rings (SSSR count). The van der Waals surface area contributed by atoms with Crippen LogP contribution >= 0.6 is 11.8 Å². The molecule has 0 N–H and O–H groups in total. The van der Waals surface area contributed by atoms with Gasteiger partial charge in [0.25, 0.3) is 11.8 Å². The lowest BCUT2D eigenvalue weighted by Crippen LogP contribution is -2.31. The first-order valence-corrected chi connectivity index (χ1v) is 9.13. The molecule has 0 saturated carbocycles. The molecule has 0 unspecified atom stereocenters. The van der Waals surface area contributed by atoms with E-state index in [9.17, 15) is 14.0 Å². The molecule has 0 bridgehead atoms. The molecule has 0 aliphatic carbocycles. The topological polar surface area (TPSA) is 46.6 Å². The van der Waals surface area contributed by atoms with E-state index in [0.717, 1.165) is 10.5 Å². The fourth-order valence-corrected chi connectivity index (χ4v) is 3.71. The van der Waals surface area contributed by atoms with Gasteiger partial charge in [-0.15, -0.1) is 11.8 Å². The molecule has 2 amide bonds. The molecule has 1 heterocycles. The molecule has 0 spiro atoms. The van der Waals surface area contributed by atoms with Gasteiger partial charge in [-0.25, -0.2) is 9.29 Å². The first-order valence-electron chi connectivity index (χ1n) is 8.14. The molecule has 0 saturated heterocycles. The molecule has 0 fully saturated rings. The molecule has 4 nitrogen and oxygen atoms in total. The number of nitrogens with zero attached hydrogens (tertiary/aromatic N) is 1. The van der Waals surface area contributed by atoms with Crippen LogP contribution in [0.4, 0.5) is 10.1 Å². The molecule has 2 aromatic rings. The summed E-state index contributed by atoms with van der Waals surface area (Å²) >= 11 is 1.31. The van der Waals surface area contributed by atoms with Crippen LogP contribution in [0.3, 0.4) is 0 Å². The van der Waals surface area contributed by atoms with E-state index in [0.29, 0.717) is 33.2 Å². The number of carbonyl (C=O) groups is 2. The van der Waals surface area contributed by atoms with Gasteiger partial charge >= 0.3 is 0 Å². The number of imide groups is 1. The van der Waals surface area contributed by atoms with Crippen LogP contribution in [-0.2, 0) is 9.59 Å². The van der Waals surface area contributed by atoms with Crippen molar-refractivity contribution in [2.75, 3.05) is 17.8 Å². The van der Waals surface area contributed by atoms with Crippen molar-refractivity contribution in [1.82, 2.24) is 0 Å². The SMILES string of the molecule is CCSC1=C(c2ccc(F)cc2)C(=O)N(c2cc(C)ccc2OC)C1=O. The van der Waals surface area contributed by atoms with E-state index in [2.05, 4.69) is 0 Å². The van der Waals surface area contributed by atoms with E-state index in [1.807, 2.05) is 19.9 Å². The largest absolute Gasteiger partial charge is 0.495 e. The zero-order valence-electron chi connectivity index (χ0n) is 14.7. The van der Waals surface area contributed by atoms with E-state index in [-0.39, 0.29) is 5.91 Å². The Morgan fingerprint density at radius 1 is 1.08 bits per heavy atom. The summed E-state index contributed by atoms with van der Waals surface area (Å²) in [7, 11) is 1.50. The van der Waals surface area contributed by atoms with Crippen LogP contribution in [0.5, 0.6) is 5.75 Å². The molecule has 0 radical (unpaired) electrons. The van der Waals surface area contributed by atoms with Crippen molar-refractivity contribution < 1.29 is 18.7 Å². The van der Waals surface area contributed by atoms with E-state index in [4.69, 9.17) is 4.74 Å². The summed E-state index contributed by atoms with van der Waals surface area (Å²) in [6, 6.07) is 10.9. The fraction of sp³-hybridized carbons (Fsp3) is 0.200. The van der Waals surface area contributed by atoms with Crippen molar-refractivity contribution in [1.29, 1.82) is 0 Å². The monoisotopic (exact) mass is 371 g/mol. The third kappa shape index (κ3) is 3.12. The lowest BCUT2D eigenvalue weighted by Gasteiger charge is -2.19. The van der Waals surface area contributed by atoms with Crippen molar-refractivity contribution >= 4 is 34.8 Å². The number of hydrogen-bond acceptors (Lipinski definition) is 4. The van der Waals surface area contributed by atoms with E-state index in [1.165, 1.54) is 43.1 Å². The standard InChI is InChI=1S/C20H18FNO3S/c1-4-26-18-17(13-6-8-14(21)9-7-13)19(23)22(20(18)24)15-11-12(2)5-10-16(15)25-3/h5-11H,4H2,1-3H3. The number of thioether (sulfide) groups is 1. The highest BCUT2D eigenvalue weighted by Gasteiger charge is 2.41. The predicted molar refractivity (Wildman–Crippen MR) is 102 cm³/mol. The first kappa shape index (κ1) is 18.2. The number of carbonyl (C=O) groups excluding carboxylic acids is 2. The summed E-state index contributed by atoms with van der Waals surface area (Å²) in [6.45, 7) is 3.79. The predicted octanol–water partition coefficient (Wildman–Crippen LogP) is 4.18. The minimum atomic E-state index is -0.429. The highest BCUT2D eigenvalue weighted by Crippen LogP contribution is 2.41. The molecule has 2 aromatic carbocycles. The average molecular weight is 371 g/mol. The third-order valence-electron chi connectivity index (χ3n) is 4.04. The normalized spacial score (nSPS) is 14.4. The molecule has 6 heteroatoms. The van der Waals surface area contributed by atoms with Gasteiger partial charge in [0.2, 0.25) is 0 Å². The van der Waals surface area contributed by atoms with Crippen LogP contribution in [0, 0.1) is 12.7 Å². The van der Waals surface area contributed by atoms with Crippen LogP contribution in [-0.4, -0.2) is 24.7 Å². The lowest BCUT2D eigenvalue weighted by molar-refractivity contribution is -0.119. The van der Waals surface area contributed by atoms with Crippen LogP contribution in [0.15, 0.2) is 47.4 Å². The van der Waals surface area contributed by atoms with Crippen molar-refractivity contribution in [2.24, 2.45) is 0 Å². The molecule has 1 aliphatic rings. The quantitative estimate of drug-likeness (QED) is 0.740. The maximum absolute atomic E-state index is 13.3. The van der Waals surface area contributed by atoms with Gasteiger partial charge in [0.1, 0.15) is 11.6 Å². The van der Waals surface area contributed by atoms with Gasteiger partial charge in [0.05, 0.1) is 23.3 Å². The molecule has 0 aromatic heterocycles. The molecule has 1 aliphatic heterocycles. The summed E-state index contributed by atoms with van der Waals surface area (Å²) in [5.41, 5.74) is 2.13. The maximum atomic E-state index is 13.3. The molecule has 134 valence electrons. The number of rotatable bonds is 5. The number of halogens is 1. The Hall–Kier alpha value is -2.60. The number of methoxy groups -OCH3 is 1. The zero-order valence-corrected chi connectivity index (χ0v) is 15.5. The zero-order chi connectivity index (χ0) is 18.8. The second-order valence-electron chi connectivity index (χ2n) is 5.77. The van der Waals surface area contributed by atoms with Crippen LogP contribution in [0.25, 0.3) is 5.57 Å². The van der Waals surface area contributed by atoms with Gasteiger partial charge in [0.15, 0.2) is 0 Å². The molecule has 0 atom stereocenters. The second-order valence-corrected chi connectivity index (χ2v) is 7.04. The van der Waals surface area contributed by atoms with Gasteiger partial charge in [-0.1, -0.05) is 25.1 Å². The third-order valence-corrected chi connectivity index (χ3v) is 4.99. The Morgan fingerprint density at radius 3 is 2.38 bits per heavy atom. The van der Waals surface area contributed by atoms with Gasteiger partial charge in [0, 0.05) is 0 Å². The summed E-state index contributed by atoms with van der Waals surface area (Å²) in [6.07, 6.45) is 0. The molecule has 26 heavy (non-hydrogen) atoms. The van der Waals surface area contributed by atoms with E-state index < -0.39 is 11.7 Å². The number of anilines is 1. The van der Waals surface area contributed by atoms with Crippen LogP contribution in [0.1, 0.15) is 18.1 Å². The van der Waals surface area contributed by atoms with Crippen LogP contribution < -0.4 is 9.64 Å². The van der Waals surface area contributed by atoms with E-state index >= 15 is 0 Å². The summed E-state index contributed by atoms with van der Waals surface area (Å²) in [4.78, 5) is 27.7. The van der Waals surface area contributed by atoms with Gasteiger partial charge in [-0.2, -0.15) is 0 Å². The Labute approximate surface area is 155 Å². The van der Waals surface area contributed by atoms with Crippen molar-refractivity contribution in [3.05, 3.63) is 64.3 Å². The first-order chi connectivity index (χ1) is 12.5. The number of ether oxygens (including phenoxy) is 1. The minimum Gasteiger partial charge on any atom is -0.495 e. The molecular formula is C20H18FNO3S. The van der Waals surface area contributed by atoms with Gasteiger partial charge < -0.3 is 4.74 Å².